The quantitative estimate of drug-likeness (QED) is 0.744. The van der Waals surface area contributed by atoms with Gasteiger partial charge in [-0.05, 0) is 6.92 Å². The van der Waals surface area contributed by atoms with Crippen LogP contribution in [0.4, 0.5) is 0 Å². The molecule has 3 heterocycles. The number of fused-ring (bicyclic) bond motifs is 2. The zero-order valence-electron chi connectivity index (χ0n) is 11.9. The van der Waals surface area contributed by atoms with E-state index < -0.39 is 0 Å². The Morgan fingerprint density at radius 3 is 2.52 bits per heavy atom. The van der Waals surface area contributed by atoms with Crippen LogP contribution in [0.15, 0.2) is 16.5 Å². The van der Waals surface area contributed by atoms with Gasteiger partial charge in [-0.25, -0.2) is 9.97 Å². The number of benzene rings is 1. The minimum atomic E-state index is 0.630. The molecule has 0 fully saturated rings. The highest BCUT2D eigenvalue weighted by Gasteiger charge is 2.17. The summed E-state index contributed by atoms with van der Waals surface area (Å²) in [6.45, 7) is 5.06. The van der Waals surface area contributed by atoms with Crippen LogP contribution < -0.4 is 9.47 Å². The summed E-state index contributed by atoms with van der Waals surface area (Å²) >= 11 is 0. The Balaban J connectivity index is 1.85. The average molecular weight is 285 g/mol. The predicted molar refractivity (Wildman–Crippen MR) is 76.7 cm³/mol. The molecule has 6 nitrogen and oxygen atoms in total. The highest BCUT2D eigenvalue weighted by Crippen LogP contribution is 2.34. The van der Waals surface area contributed by atoms with Gasteiger partial charge in [-0.2, -0.15) is 0 Å². The van der Waals surface area contributed by atoms with E-state index in [1.807, 2.05) is 26.0 Å². The summed E-state index contributed by atoms with van der Waals surface area (Å²) in [5.74, 6) is 3.46. The van der Waals surface area contributed by atoms with Crippen LogP contribution in [0.25, 0.3) is 22.6 Å². The van der Waals surface area contributed by atoms with Crippen molar-refractivity contribution in [1.82, 2.24) is 15.0 Å². The lowest BCUT2D eigenvalue weighted by atomic mass is 10.3. The summed E-state index contributed by atoms with van der Waals surface area (Å²) in [5, 5.41) is 0. The number of nitrogens with zero attached hydrogens (tertiary/aromatic N) is 2. The van der Waals surface area contributed by atoms with Crippen molar-refractivity contribution in [1.29, 1.82) is 0 Å². The first kappa shape index (κ1) is 12.3. The smallest absolute Gasteiger partial charge is 0.192 e. The number of H-pyrrole nitrogens is 1. The standard InChI is InChI=1S/C15H15N3O3/c1-8-14(21-9(2)16-8)15-17-10-6-12-13(7-11(10)18-15)20-5-3-4-19-12/h6-7H,3-5H2,1-2H3,(H,17,18). The van der Waals surface area contributed by atoms with E-state index in [1.54, 1.807) is 0 Å². The zero-order valence-corrected chi connectivity index (χ0v) is 11.9. The predicted octanol–water partition coefficient (Wildman–Crippen LogP) is 3.00. The molecule has 2 aromatic heterocycles. The van der Waals surface area contributed by atoms with Crippen molar-refractivity contribution in [2.24, 2.45) is 0 Å². The monoisotopic (exact) mass is 285 g/mol. The number of hydrogen-bond acceptors (Lipinski definition) is 5. The normalized spacial score (nSPS) is 14.4. The molecule has 1 N–H and O–H groups in total. The maximum atomic E-state index is 5.69. The third-order valence-electron chi connectivity index (χ3n) is 3.47. The van der Waals surface area contributed by atoms with E-state index in [9.17, 15) is 0 Å². The second-order valence-corrected chi connectivity index (χ2v) is 5.10. The molecule has 0 atom stereocenters. The molecule has 1 aliphatic heterocycles. The molecule has 0 amide bonds. The fraction of sp³-hybridized carbons (Fsp3) is 0.333. The van der Waals surface area contributed by atoms with E-state index in [4.69, 9.17) is 13.9 Å². The number of nitrogens with one attached hydrogen (secondary N) is 1. The Bertz CT molecular complexity index is 776. The Morgan fingerprint density at radius 1 is 1.05 bits per heavy atom. The first-order valence-corrected chi connectivity index (χ1v) is 6.94. The number of rotatable bonds is 1. The minimum Gasteiger partial charge on any atom is -0.489 e. The maximum Gasteiger partial charge on any atom is 0.192 e. The molecule has 0 saturated heterocycles. The van der Waals surface area contributed by atoms with Gasteiger partial charge in [0.15, 0.2) is 29.0 Å². The summed E-state index contributed by atoms with van der Waals surface area (Å²) in [4.78, 5) is 12.1. The highest BCUT2D eigenvalue weighted by atomic mass is 16.5. The Hall–Kier alpha value is -2.50. The molecule has 0 bridgehead atoms. The molecule has 21 heavy (non-hydrogen) atoms. The molecule has 0 spiro atoms. The van der Waals surface area contributed by atoms with Crippen LogP contribution in [0, 0.1) is 13.8 Å². The fourth-order valence-electron chi connectivity index (χ4n) is 2.53. The zero-order chi connectivity index (χ0) is 14.4. The van der Waals surface area contributed by atoms with Crippen molar-refractivity contribution in [3.8, 4) is 23.1 Å². The molecule has 0 unspecified atom stereocenters. The van der Waals surface area contributed by atoms with Gasteiger partial charge in [0.25, 0.3) is 0 Å². The SMILES string of the molecule is Cc1nc(C)c(-c2nc3cc4c(cc3[nH]2)OCCCO4)o1. The third kappa shape index (κ3) is 2.03. The molecule has 0 radical (unpaired) electrons. The lowest BCUT2D eigenvalue weighted by Gasteiger charge is -2.05. The second kappa shape index (κ2) is 4.51. The van der Waals surface area contributed by atoms with Crippen molar-refractivity contribution < 1.29 is 13.9 Å². The molecule has 1 aromatic carbocycles. The molecule has 3 aromatic rings. The number of imidazole rings is 1. The van der Waals surface area contributed by atoms with Gasteiger partial charge >= 0.3 is 0 Å². The maximum absolute atomic E-state index is 5.69. The highest BCUT2D eigenvalue weighted by molar-refractivity contribution is 5.82. The number of hydrogen-bond donors (Lipinski definition) is 1. The second-order valence-electron chi connectivity index (χ2n) is 5.10. The van der Waals surface area contributed by atoms with E-state index in [0.717, 1.165) is 34.6 Å². The molecule has 6 heteroatoms. The van der Waals surface area contributed by atoms with Crippen molar-refractivity contribution in [2.75, 3.05) is 13.2 Å². The summed E-state index contributed by atoms with van der Waals surface area (Å²) in [5.41, 5.74) is 2.53. The third-order valence-corrected chi connectivity index (χ3v) is 3.47. The number of aromatic nitrogens is 3. The summed E-state index contributed by atoms with van der Waals surface area (Å²) < 4.78 is 17.0. The van der Waals surface area contributed by atoms with Crippen LogP contribution in [0.1, 0.15) is 18.0 Å². The molecule has 1 aliphatic rings. The summed E-state index contributed by atoms with van der Waals surface area (Å²) in [6, 6.07) is 3.82. The van der Waals surface area contributed by atoms with Crippen LogP contribution in [0.5, 0.6) is 11.5 Å². The van der Waals surface area contributed by atoms with E-state index in [-0.39, 0.29) is 0 Å². The van der Waals surface area contributed by atoms with Crippen LogP contribution in [-0.4, -0.2) is 28.2 Å². The summed E-state index contributed by atoms with van der Waals surface area (Å²) in [6.07, 6.45) is 0.887. The van der Waals surface area contributed by atoms with Gasteiger partial charge in [-0.15, -0.1) is 0 Å². The first-order valence-electron chi connectivity index (χ1n) is 6.94. The van der Waals surface area contributed by atoms with Crippen LogP contribution >= 0.6 is 0 Å². The lowest BCUT2D eigenvalue weighted by molar-refractivity contribution is 0.297. The van der Waals surface area contributed by atoms with Gasteiger partial charge in [-0.3, -0.25) is 0 Å². The van der Waals surface area contributed by atoms with Crippen molar-refractivity contribution in [3.05, 3.63) is 23.7 Å². The molecule has 0 saturated carbocycles. The van der Waals surface area contributed by atoms with Crippen LogP contribution in [0.3, 0.4) is 0 Å². The van der Waals surface area contributed by atoms with E-state index in [1.165, 1.54) is 0 Å². The number of aromatic amines is 1. The molecule has 108 valence electrons. The Morgan fingerprint density at radius 2 is 1.81 bits per heavy atom. The van der Waals surface area contributed by atoms with E-state index >= 15 is 0 Å². The van der Waals surface area contributed by atoms with Gasteiger partial charge in [0.1, 0.15) is 0 Å². The van der Waals surface area contributed by atoms with Crippen molar-refractivity contribution in [2.45, 2.75) is 20.3 Å². The van der Waals surface area contributed by atoms with Crippen molar-refractivity contribution >= 4 is 11.0 Å². The lowest BCUT2D eigenvalue weighted by Crippen LogP contribution is -1.97. The number of oxazole rings is 1. The largest absolute Gasteiger partial charge is 0.489 e. The Labute approximate surface area is 121 Å². The molecule has 4 rings (SSSR count). The minimum absolute atomic E-state index is 0.630. The molecular weight excluding hydrogens is 270 g/mol. The van der Waals surface area contributed by atoms with Gasteiger partial charge in [0, 0.05) is 25.5 Å². The van der Waals surface area contributed by atoms with Crippen molar-refractivity contribution in [3.63, 3.8) is 0 Å². The van der Waals surface area contributed by atoms with Crippen LogP contribution in [-0.2, 0) is 0 Å². The number of ether oxygens (including phenoxy) is 2. The average Bonchev–Trinajstić information content (AvgIpc) is 2.91. The molecule has 0 aliphatic carbocycles. The van der Waals surface area contributed by atoms with Gasteiger partial charge in [0.05, 0.1) is 29.9 Å². The fourth-order valence-corrected chi connectivity index (χ4v) is 2.53. The molecular formula is C15H15N3O3. The Kier molecular flexibility index (Phi) is 2.63. The van der Waals surface area contributed by atoms with E-state index in [0.29, 0.717) is 30.7 Å². The van der Waals surface area contributed by atoms with Crippen LogP contribution in [0.2, 0.25) is 0 Å². The number of aryl methyl sites for hydroxylation is 2. The summed E-state index contributed by atoms with van der Waals surface area (Å²) in [7, 11) is 0. The van der Waals surface area contributed by atoms with Gasteiger partial charge < -0.3 is 18.9 Å². The first-order chi connectivity index (χ1) is 10.2. The van der Waals surface area contributed by atoms with Gasteiger partial charge in [-0.1, -0.05) is 0 Å². The topological polar surface area (TPSA) is 73.2 Å². The van der Waals surface area contributed by atoms with Gasteiger partial charge in [0.2, 0.25) is 0 Å². The van der Waals surface area contributed by atoms with E-state index in [2.05, 4.69) is 15.0 Å².